The van der Waals surface area contributed by atoms with Crippen molar-refractivity contribution in [3.8, 4) is 5.75 Å². The third kappa shape index (κ3) is 5.00. The Morgan fingerprint density at radius 2 is 2.09 bits per heavy atom. The molecule has 2 aliphatic rings. The van der Waals surface area contributed by atoms with Gasteiger partial charge in [-0.1, -0.05) is 0 Å². The number of amides is 1. The fraction of sp³-hybridized carbons (Fsp3) is 0.435. The van der Waals surface area contributed by atoms with Crippen LogP contribution >= 0.6 is 0 Å². The quantitative estimate of drug-likeness (QED) is 0.610. The number of nitrogens with one attached hydrogen (secondary N) is 2. The maximum Gasteiger partial charge on any atom is 0.256 e. The van der Waals surface area contributed by atoms with Crippen LogP contribution in [0.25, 0.3) is 0 Å². The topological polar surface area (TPSA) is 97.3 Å². The molecule has 0 unspecified atom stereocenters. The zero-order valence-corrected chi connectivity index (χ0v) is 18.5. The van der Waals surface area contributed by atoms with Crippen molar-refractivity contribution in [2.45, 2.75) is 13.3 Å². The van der Waals surface area contributed by atoms with Crippen LogP contribution in [-0.2, 0) is 15.9 Å². The highest BCUT2D eigenvalue weighted by Gasteiger charge is 2.26. The molecule has 0 aliphatic carbocycles. The second kappa shape index (κ2) is 10.4. The number of benzene rings is 1. The number of methoxy groups -OCH3 is 1. The number of fused-ring (bicyclic) bond motifs is 1. The molecule has 0 bridgehead atoms. The predicted octanol–water partition coefficient (Wildman–Crippen LogP) is 2.39. The van der Waals surface area contributed by atoms with E-state index in [0.717, 1.165) is 35.8 Å². The monoisotopic (exact) mass is 439 g/mol. The molecule has 0 atom stereocenters. The number of rotatable bonds is 8. The van der Waals surface area contributed by atoms with Gasteiger partial charge in [-0.3, -0.25) is 4.79 Å². The number of nitrogens with zero attached hydrogens (tertiary/aromatic N) is 3. The first kappa shape index (κ1) is 22.0. The summed E-state index contributed by atoms with van der Waals surface area (Å²) in [6.45, 7) is 6.83. The number of morpholine rings is 1. The van der Waals surface area contributed by atoms with Crippen molar-refractivity contribution in [3.63, 3.8) is 0 Å². The van der Waals surface area contributed by atoms with E-state index in [1.807, 2.05) is 19.1 Å². The number of amidine groups is 1. The van der Waals surface area contributed by atoms with E-state index in [2.05, 4.69) is 20.5 Å². The Labute approximate surface area is 187 Å². The van der Waals surface area contributed by atoms with Crippen molar-refractivity contribution in [2.24, 2.45) is 4.99 Å². The Morgan fingerprint density at radius 1 is 1.25 bits per heavy atom. The van der Waals surface area contributed by atoms with Gasteiger partial charge in [0.2, 0.25) is 0 Å². The molecule has 2 aliphatic heterocycles. The Morgan fingerprint density at radius 3 is 2.88 bits per heavy atom. The minimum Gasteiger partial charge on any atom is -0.496 e. The molecule has 1 fully saturated rings. The van der Waals surface area contributed by atoms with Gasteiger partial charge in [0, 0.05) is 50.0 Å². The number of hydrogen-bond donors (Lipinski definition) is 2. The van der Waals surface area contributed by atoms with Gasteiger partial charge in [-0.15, -0.1) is 0 Å². The van der Waals surface area contributed by atoms with Crippen molar-refractivity contribution in [3.05, 3.63) is 41.6 Å². The van der Waals surface area contributed by atoms with Gasteiger partial charge in [-0.05, 0) is 31.2 Å². The number of pyridine rings is 1. The van der Waals surface area contributed by atoms with Gasteiger partial charge in [0.15, 0.2) is 0 Å². The lowest BCUT2D eigenvalue weighted by Gasteiger charge is -2.30. The highest BCUT2D eigenvalue weighted by Crippen LogP contribution is 2.42. The van der Waals surface area contributed by atoms with E-state index in [1.165, 1.54) is 0 Å². The molecular formula is C23H29N5O4. The summed E-state index contributed by atoms with van der Waals surface area (Å²) in [5.74, 6) is 1.78. The Balaban J connectivity index is 1.48. The number of carbonyl (C=O) groups excluding carboxylic acids is 1. The maximum atomic E-state index is 12.9. The molecule has 1 aromatic heterocycles. The van der Waals surface area contributed by atoms with E-state index in [0.29, 0.717) is 56.6 Å². The number of anilines is 2. The summed E-state index contributed by atoms with van der Waals surface area (Å²) >= 11 is 0. The second-order valence-electron chi connectivity index (χ2n) is 7.46. The molecule has 32 heavy (non-hydrogen) atoms. The van der Waals surface area contributed by atoms with E-state index >= 15 is 0 Å². The zero-order valence-electron chi connectivity index (χ0n) is 18.5. The third-order valence-electron chi connectivity index (χ3n) is 5.42. The number of hydrogen-bond acceptors (Lipinski definition) is 8. The summed E-state index contributed by atoms with van der Waals surface area (Å²) in [7, 11) is 1.65. The molecule has 1 aromatic carbocycles. The fourth-order valence-corrected chi connectivity index (χ4v) is 3.83. The van der Waals surface area contributed by atoms with Crippen molar-refractivity contribution < 1.29 is 19.0 Å². The van der Waals surface area contributed by atoms with Crippen LogP contribution in [0.15, 0.2) is 35.5 Å². The Bertz CT molecular complexity index is 988. The summed E-state index contributed by atoms with van der Waals surface area (Å²) in [5, 5.41) is 6.12. The lowest BCUT2D eigenvalue weighted by Crippen LogP contribution is -2.36. The Hall–Kier alpha value is -3.17. The molecule has 1 saturated heterocycles. The molecular weight excluding hydrogens is 410 g/mol. The van der Waals surface area contributed by atoms with Gasteiger partial charge < -0.3 is 29.7 Å². The van der Waals surface area contributed by atoms with Crippen molar-refractivity contribution in [2.75, 3.05) is 63.4 Å². The minimum absolute atomic E-state index is 0.223. The average molecular weight is 440 g/mol. The molecule has 1 amide bonds. The van der Waals surface area contributed by atoms with Crippen LogP contribution in [-0.4, -0.2) is 69.9 Å². The minimum atomic E-state index is -0.223. The first-order chi connectivity index (χ1) is 15.7. The van der Waals surface area contributed by atoms with Gasteiger partial charge in [0.05, 0.1) is 38.3 Å². The smallest absolute Gasteiger partial charge is 0.256 e. The molecule has 0 radical (unpaired) electrons. The van der Waals surface area contributed by atoms with Crippen LogP contribution in [0.2, 0.25) is 0 Å². The molecule has 9 nitrogen and oxygen atoms in total. The molecule has 2 N–H and O–H groups in total. The lowest BCUT2D eigenvalue weighted by molar-refractivity contribution is 0.0976. The van der Waals surface area contributed by atoms with Crippen LogP contribution < -0.4 is 20.3 Å². The molecule has 3 heterocycles. The summed E-state index contributed by atoms with van der Waals surface area (Å²) in [6.07, 6.45) is 2.12. The summed E-state index contributed by atoms with van der Waals surface area (Å²) < 4.78 is 16.3. The van der Waals surface area contributed by atoms with Gasteiger partial charge in [0.1, 0.15) is 17.4 Å². The number of aromatic nitrogens is 1. The maximum absolute atomic E-state index is 12.9. The van der Waals surface area contributed by atoms with Gasteiger partial charge in [0.25, 0.3) is 5.91 Å². The van der Waals surface area contributed by atoms with E-state index in [4.69, 9.17) is 19.2 Å². The predicted molar refractivity (Wildman–Crippen MR) is 124 cm³/mol. The SMILES string of the molecule is CCOCCNc1cc(C(=O)NC2=Nc3c(N4CCOCC4)ccc(OC)c3C2)ccn1. The fourth-order valence-electron chi connectivity index (χ4n) is 3.83. The van der Waals surface area contributed by atoms with E-state index in [-0.39, 0.29) is 5.91 Å². The first-order valence-electron chi connectivity index (χ1n) is 10.9. The average Bonchev–Trinajstić information content (AvgIpc) is 3.25. The number of carbonyl (C=O) groups is 1. The van der Waals surface area contributed by atoms with Crippen molar-refractivity contribution in [1.82, 2.24) is 10.3 Å². The largest absolute Gasteiger partial charge is 0.496 e. The van der Waals surface area contributed by atoms with Crippen LogP contribution in [0.1, 0.15) is 22.8 Å². The van der Waals surface area contributed by atoms with Gasteiger partial charge in [-0.25, -0.2) is 9.98 Å². The number of ether oxygens (including phenoxy) is 3. The van der Waals surface area contributed by atoms with Crippen LogP contribution in [0.3, 0.4) is 0 Å². The van der Waals surface area contributed by atoms with Crippen molar-refractivity contribution in [1.29, 1.82) is 0 Å². The summed E-state index contributed by atoms with van der Waals surface area (Å²) in [4.78, 5) is 24.2. The van der Waals surface area contributed by atoms with E-state index in [9.17, 15) is 4.79 Å². The highest BCUT2D eigenvalue weighted by atomic mass is 16.5. The first-order valence-corrected chi connectivity index (χ1v) is 10.9. The van der Waals surface area contributed by atoms with Crippen molar-refractivity contribution >= 4 is 28.9 Å². The standard InChI is InChI=1S/C23H29N5O4/c1-3-31-11-8-25-20-14-16(6-7-24-20)23(29)27-21-15-17-19(30-2)5-4-18(22(17)26-21)28-9-12-32-13-10-28/h4-7,14H,3,8-13,15H2,1-2H3,(H,24,25)(H,26,27,29). The van der Waals surface area contributed by atoms with E-state index in [1.54, 1.807) is 25.4 Å². The summed E-state index contributed by atoms with van der Waals surface area (Å²) in [6, 6.07) is 7.41. The summed E-state index contributed by atoms with van der Waals surface area (Å²) in [5.41, 5.74) is 3.39. The molecule has 9 heteroatoms. The molecule has 0 spiro atoms. The molecule has 2 aromatic rings. The van der Waals surface area contributed by atoms with Gasteiger partial charge >= 0.3 is 0 Å². The zero-order chi connectivity index (χ0) is 22.3. The van der Waals surface area contributed by atoms with E-state index < -0.39 is 0 Å². The number of aliphatic imine (C=N–C) groups is 1. The molecule has 170 valence electrons. The van der Waals surface area contributed by atoms with Crippen LogP contribution in [0.4, 0.5) is 17.2 Å². The van der Waals surface area contributed by atoms with Crippen LogP contribution in [0.5, 0.6) is 5.75 Å². The lowest BCUT2D eigenvalue weighted by atomic mass is 10.1. The third-order valence-corrected chi connectivity index (χ3v) is 5.42. The highest BCUT2D eigenvalue weighted by molar-refractivity contribution is 6.10. The Kier molecular flexibility index (Phi) is 7.18. The second-order valence-corrected chi connectivity index (χ2v) is 7.46. The van der Waals surface area contributed by atoms with Crippen LogP contribution in [0, 0.1) is 0 Å². The van der Waals surface area contributed by atoms with Gasteiger partial charge in [-0.2, -0.15) is 0 Å². The molecule has 4 rings (SSSR count). The molecule has 0 saturated carbocycles. The normalized spacial score (nSPS) is 15.2.